The predicted molar refractivity (Wildman–Crippen MR) is 83.6 cm³/mol. The number of aromatic nitrogens is 1. The third kappa shape index (κ3) is 2.89. The van der Waals surface area contributed by atoms with Crippen LogP contribution in [-0.4, -0.2) is 30.4 Å². The molecule has 0 amide bonds. The van der Waals surface area contributed by atoms with E-state index in [0.29, 0.717) is 0 Å². The SMILES string of the molecule is CNc1ccc(C)nc1/C=C/B1OC(C)(C)C(C)(C)O1. The fourth-order valence-corrected chi connectivity index (χ4v) is 2.05. The maximum Gasteiger partial charge on any atom is 0.487 e. The Labute approximate surface area is 121 Å². The lowest BCUT2D eigenvalue weighted by Gasteiger charge is -2.32. The van der Waals surface area contributed by atoms with Crippen molar-refractivity contribution in [3.8, 4) is 0 Å². The molecule has 1 N–H and O–H groups in total. The smallest absolute Gasteiger partial charge is 0.400 e. The molecule has 1 aliphatic heterocycles. The van der Waals surface area contributed by atoms with Crippen LogP contribution in [0.2, 0.25) is 0 Å². The number of anilines is 1. The molecule has 4 nitrogen and oxygen atoms in total. The summed E-state index contributed by atoms with van der Waals surface area (Å²) in [5, 5.41) is 3.14. The molecule has 0 atom stereocenters. The number of nitrogens with one attached hydrogen (secondary N) is 1. The van der Waals surface area contributed by atoms with E-state index in [2.05, 4.69) is 10.3 Å². The molecular formula is C15H23BN2O2. The quantitative estimate of drug-likeness (QED) is 0.860. The third-order valence-corrected chi connectivity index (χ3v) is 4.02. The van der Waals surface area contributed by atoms with Gasteiger partial charge in [-0.2, -0.15) is 0 Å². The first-order valence-electron chi connectivity index (χ1n) is 6.94. The van der Waals surface area contributed by atoms with Crippen molar-refractivity contribution in [3.05, 3.63) is 29.5 Å². The fraction of sp³-hybridized carbons (Fsp3) is 0.533. The van der Waals surface area contributed by atoms with E-state index in [1.54, 1.807) is 0 Å². The second-order valence-corrected chi connectivity index (χ2v) is 6.12. The number of hydrogen-bond acceptors (Lipinski definition) is 4. The minimum Gasteiger partial charge on any atom is -0.400 e. The summed E-state index contributed by atoms with van der Waals surface area (Å²) in [6.45, 7) is 10.2. The van der Waals surface area contributed by atoms with Crippen LogP contribution in [0, 0.1) is 6.92 Å². The second-order valence-electron chi connectivity index (χ2n) is 6.12. The highest BCUT2D eigenvalue weighted by Crippen LogP contribution is 2.37. The van der Waals surface area contributed by atoms with Gasteiger partial charge in [0.15, 0.2) is 0 Å². The van der Waals surface area contributed by atoms with Crippen molar-refractivity contribution >= 4 is 18.9 Å². The van der Waals surface area contributed by atoms with E-state index >= 15 is 0 Å². The molecule has 0 aromatic carbocycles. The Morgan fingerprint density at radius 1 is 1.15 bits per heavy atom. The molecule has 1 aromatic rings. The lowest BCUT2D eigenvalue weighted by molar-refractivity contribution is 0.00578. The van der Waals surface area contributed by atoms with Gasteiger partial charge in [0.2, 0.25) is 0 Å². The first-order valence-corrected chi connectivity index (χ1v) is 6.94. The molecule has 2 rings (SSSR count). The minimum absolute atomic E-state index is 0.312. The molecule has 1 saturated heterocycles. The van der Waals surface area contributed by atoms with Crippen LogP contribution in [-0.2, 0) is 9.31 Å². The number of hydrogen-bond donors (Lipinski definition) is 1. The largest absolute Gasteiger partial charge is 0.487 e. The molecule has 0 aliphatic carbocycles. The number of aryl methyl sites for hydroxylation is 1. The van der Waals surface area contributed by atoms with Gasteiger partial charge in [0.1, 0.15) is 0 Å². The Hall–Kier alpha value is -1.33. The monoisotopic (exact) mass is 274 g/mol. The van der Waals surface area contributed by atoms with Crippen molar-refractivity contribution in [3.63, 3.8) is 0 Å². The van der Waals surface area contributed by atoms with E-state index in [1.807, 2.05) is 65.9 Å². The maximum absolute atomic E-state index is 5.93. The van der Waals surface area contributed by atoms with Crippen LogP contribution in [0.25, 0.3) is 6.08 Å². The van der Waals surface area contributed by atoms with Crippen molar-refractivity contribution in [1.82, 2.24) is 4.98 Å². The van der Waals surface area contributed by atoms with Crippen molar-refractivity contribution in [1.29, 1.82) is 0 Å². The Kier molecular flexibility index (Phi) is 3.94. The van der Waals surface area contributed by atoms with Gasteiger partial charge in [-0.3, -0.25) is 4.98 Å². The topological polar surface area (TPSA) is 43.4 Å². The van der Waals surface area contributed by atoms with Gasteiger partial charge in [-0.05, 0) is 52.8 Å². The molecule has 20 heavy (non-hydrogen) atoms. The summed E-state index contributed by atoms with van der Waals surface area (Å²) in [5.74, 6) is 1.92. The van der Waals surface area contributed by atoms with Crippen LogP contribution in [0.15, 0.2) is 18.1 Å². The van der Waals surface area contributed by atoms with Gasteiger partial charge in [0, 0.05) is 12.7 Å². The lowest BCUT2D eigenvalue weighted by atomic mass is 9.89. The Morgan fingerprint density at radius 2 is 1.75 bits per heavy atom. The van der Waals surface area contributed by atoms with Crippen LogP contribution in [0.5, 0.6) is 0 Å². The average Bonchev–Trinajstić information content (AvgIpc) is 2.55. The molecule has 5 heteroatoms. The minimum atomic E-state index is -0.341. The van der Waals surface area contributed by atoms with Gasteiger partial charge < -0.3 is 14.6 Å². The molecule has 1 aromatic heterocycles. The van der Waals surface area contributed by atoms with E-state index in [4.69, 9.17) is 9.31 Å². The highest BCUT2D eigenvalue weighted by atomic mass is 16.7. The Balaban J connectivity index is 2.17. The van der Waals surface area contributed by atoms with E-state index in [-0.39, 0.29) is 18.3 Å². The maximum atomic E-state index is 5.93. The normalized spacial score (nSPS) is 20.6. The van der Waals surface area contributed by atoms with Gasteiger partial charge in [-0.15, -0.1) is 0 Å². The third-order valence-electron chi connectivity index (χ3n) is 4.02. The molecule has 0 radical (unpaired) electrons. The van der Waals surface area contributed by atoms with Crippen molar-refractivity contribution in [2.75, 3.05) is 12.4 Å². The summed E-state index contributed by atoms with van der Waals surface area (Å²) >= 11 is 0. The summed E-state index contributed by atoms with van der Waals surface area (Å²) in [6, 6.07) is 4.00. The molecule has 1 fully saturated rings. The van der Waals surface area contributed by atoms with Gasteiger partial charge in [-0.1, -0.05) is 5.98 Å². The zero-order valence-electron chi connectivity index (χ0n) is 13.2. The number of pyridine rings is 1. The standard InChI is InChI=1S/C15H23BN2O2/c1-11-7-8-12(17-6)13(18-11)9-10-16-19-14(2,3)15(4,5)20-16/h7-10,17H,1-6H3/b10-9+. The molecule has 0 unspecified atom stereocenters. The van der Waals surface area contributed by atoms with Crippen LogP contribution in [0.1, 0.15) is 39.1 Å². The summed E-state index contributed by atoms with van der Waals surface area (Å²) < 4.78 is 11.9. The van der Waals surface area contributed by atoms with Gasteiger partial charge in [0.05, 0.1) is 22.6 Å². The van der Waals surface area contributed by atoms with E-state index in [9.17, 15) is 0 Å². The molecule has 0 saturated carbocycles. The lowest BCUT2D eigenvalue weighted by Crippen LogP contribution is -2.41. The van der Waals surface area contributed by atoms with Crippen molar-refractivity contribution in [2.45, 2.75) is 45.8 Å². The molecule has 108 valence electrons. The average molecular weight is 274 g/mol. The van der Waals surface area contributed by atoms with Gasteiger partial charge in [0.25, 0.3) is 0 Å². The highest BCUT2D eigenvalue weighted by molar-refractivity contribution is 6.52. The van der Waals surface area contributed by atoms with Gasteiger partial charge >= 0.3 is 7.12 Å². The Bertz CT molecular complexity index is 511. The zero-order chi connectivity index (χ0) is 15.0. The van der Waals surface area contributed by atoms with E-state index < -0.39 is 0 Å². The molecule has 2 heterocycles. The summed E-state index contributed by atoms with van der Waals surface area (Å²) in [6.07, 6.45) is 1.95. The highest BCUT2D eigenvalue weighted by Gasteiger charge is 2.50. The molecule has 0 bridgehead atoms. The van der Waals surface area contributed by atoms with Crippen LogP contribution >= 0.6 is 0 Å². The van der Waals surface area contributed by atoms with Crippen molar-refractivity contribution < 1.29 is 9.31 Å². The number of rotatable bonds is 3. The summed E-state index contributed by atoms with van der Waals surface area (Å²) in [4.78, 5) is 4.52. The Morgan fingerprint density at radius 3 is 2.30 bits per heavy atom. The molecular weight excluding hydrogens is 251 g/mol. The zero-order valence-corrected chi connectivity index (χ0v) is 13.2. The van der Waals surface area contributed by atoms with Crippen LogP contribution in [0.3, 0.4) is 0 Å². The van der Waals surface area contributed by atoms with Gasteiger partial charge in [-0.25, -0.2) is 0 Å². The number of nitrogens with zero attached hydrogens (tertiary/aromatic N) is 1. The molecule has 0 spiro atoms. The first kappa shape index (κ1) is 15.1. The fourth-order valence-electron chi connectivity index (χ4n) is 2.05. The molecule has 1 aliphatic rings. The van der Waals surface area contributed by atoms with Crippen molar-refractivity contribution in [2.24, 2.45) is 0 Å². The predicted octanol–water partition coefficient (Wildman–Crippen LogP) is 3.08. The second kappa shape index (κ2) is 5.22. The summed E-state index contributed by atoms with van der Waals surface area (Å²) in [5.41, 5.74) is 2.24. The van der Waals surface area contributed by atoms with E-state index in [0.717, 1.165) is 17.1 Å². The van der Waals surface area contributed by atoms with Crippen LogP contribution in [0.4, 0.5) is 5.69 Å². The summed E-state index contributed by atoms with van der Waals surface area (Å²) in [7, 11) is 1.55. The first-order chi connectivity index (χ1) is 9.25. The van der Waals surface area contributed by atoms with Crippen LogP contribution < -0.4 is 5.32 Å². The van der Waals surface area contributed by atoms with E-state index in [1.165, 1.54) is 0 Å².